The average molecular weight is 1240 g/mol. The maximum absolute atomic E-state index is 2.52. The predicted octanol–water partition coefficient (Wildman–Crippen LogP) is 26.1. The molecule has 470 valence electrons. The molecule has 2 atom stereocenters. The Kier molecular flexibility index (Phi) is 16.3. The highest BCUT2D eigenvalue weighted by atomic mass is 14.5. The Morgan fingerprint density at radius 1 is 0.302 bits per heavy atom. The second-order valence-electron chi connectivity index (χ2n) is 29.2. The van der Waals surface area contributed by atoms with Gasteiger partial charge in [-0.1, -0.05) is 360 Å². The lowest BCUT2D eigenvalue weighted by atomic mass is 9.68. The molecular formula is C96H86. The second-order valence-corrected chi connectivity index (χ2v) is 29.2. The standard InChI is InChI=1S/C96H86/c1-9-11-59-95(75-53-49-73(50-54-75)93(3,4)5)87-37-25-23-31-77(87)79-57-39-65(63-89(79)95)61-85(67-27-15-13-16-28-67)69-41-45-71(46-42-69)91-81-33-19-21-35-83(81)92(84-36-22-20-34-82(84)91)72-47-43-70(44-48-72)86(68-29-17-14-18-30-68)62-66-40-58-80-78-32-24-26-38-88(78)96(60-12-10-2,90(80)64-66)76-55-51-74(52-56-76)94(6,7)8/h13-58,61-64H,9-12,59-60H2,1-8H3/b85-61+,86-62+. The Morgan fingerprint density at radius 3 is 0.958 bits per heavy atom. The summed E-state index contributed by atoms with van der Waals surface area (Å²) in [5.41, 5.74) is 30.6. The number of hydrogen-bond acceptors (Lipinski definition) is 0. The largest absolute Gasteiger partial charge is 0.0654 e. The Hall–Kier alpha value is -10.1. The lowest BCUT2D eigenvalue weighted by Gasteiger charge is -2.34. The summed E-state index contributed by atoms with van der Waals surface area (Å²) in [4.78, 5) is 0. The fraction of sp³-hybridized carbons (Fsp3) is 0.188. The molecule has 13 aromatic rings. The van der Waals surface area contributed by atoms with Crippen molar-refractivity contribution < 1.29 is 0 Å². The maximum Gasteiger partial charge on any atom is 0.0463 e. The van der Waals surface area contributed by atoms with Crippen LogP contribution >= 0.6 is 0 Å². The van der Waals surface area contributed by atoms with Gasteiger partial charge >= 0.3 is 0 Å². The molecule has 0 saturated heterocycles. The van der Waals surface area contributed by atoms with Crippen LogP contribution in [0.5, 0.6) is 0 Å². The van der Waals surface area contributed by atoms with Crippen molar-refractivity contribution in [2.75, 3.05) is 0 Å². The Labute approximate surface area is 570 Å². The van der Waals surface area contributed by atoms with Crippen LogP contribution in [-0.2, 0) is 21.7 Å². The maximum atomic E-state index is 2.52. The molecule has 2 unspecified atom stereocenters. The molecule has 2 aliphatic rings. The van der Waals surface area contributed by atoms with Gasteiger partial charge < -0.3 is 0 Å². The van der Waals surface area contributed by atoms with Crippen molar-refractivity contribution in [3.05, 3.63) is 369 Å². The predicted molar refractivity (Wildman–Crippen MR) is 412 cm³/mol. The van der Waals surface area contributed by atoms with Gasteiger partial charge in [0.05, 0.1) is 0 Å². The summed E-state index contributed by atoms with van der Waals surface area (Å²) in [5.74, 6) is 0. The first kappa shape index (κ1) is 62.0. The fourth-order valence-electron chi connectivity index (χ4n) is 16.4. The van der Waals surface area contributed by atoms with Gasteiger partial charge in [0.1, 0.15) is 0 Å². The van der Waals surface area contributed by atoms with E-state index in [4.69, 9.17) is 0 Å². The summed E-state index contributed by atoms with van der Waals surface area (Å²) in [6.45, 7) is 18.5. The zero-order chi connectivity index (χ0) is 65.8. The summed E-state index contributed by atoms with van der Waals surface area (Å²) in [5, 5.41) is 4.96. The van der Waals surface area contributed by atoms with Crippen molar-refractivity contribution in [1.82, 2.24) is 0 Å². The van der Waals surface area contributed by atoms with E-state index in [1.54, 1.807) is 0 Å². The van der Waals surface area contributed by atoms with Gasteiger partial charge in [0.25, 0.3) is 0 Å². The smallest absolute Gasteiger partial charge is 0.0463 e. The fourth-order valence-corrected chi connectivity index (χ4v) is 16.4. The van der Waals surface area contributed by atoms with Gasteiger partial charge in [0, 0.05) is 10.8 Å². The van der Waals surface area contributed by atoms with Gasteiger partial charge in [-0.2, -0.15) is 0 Å². The highest BCUT2D eigenvalue weighted by Crippen LogP contribution is 2.58. The van der Waals surface area contributed by atoms with Crippen molar-refractivity contribution in [2.24, 2.45) is 0 Å². The van der Waals surface area contributed by atoms with Gasteiger partial charge in [-0.15, -0.1) is 0 Å². The minimum atomic E-state index is -0.257. The van der Waals surface area contributed by atoms with Gasteiger partial charge in [0.2, 0.25) is 0 Å². The van der Waals surface area contributed by atoms with Gasteiger partial charge in [-0.25, -0.2) is 0 Å². The minimum Gasteiger partial charge on any atom is -0.0654 e. The molecule has 0 saturated carbocycles. The minimum absolute atomic E-state index is 0.0734. The van der Waals surface area contributed by atoms with E-state index in [1.165, 1.54) is 155 Å². The van der Waals surface area contributed by atoms with E-state index in [1.807, 2.05) is 0 Å². The Bertz CT molecular complexity index is 4700. The number of benzene rings is 13. The molecule has 0 aliphatic heterocycles. The van der Waals surface area contributed by atoms with Crippen LogP contribution in [-0.4, -0.2) is 0 Å². The molecule has 0 aromatic heterocycles. The van der Waals surface area contributed by atoms with Gasteiger partial charge in [-0.3, -0.25) is 0 Å². The number of unbranched alkanes of at least 4 members (excludes halogenated alkanes) is 2. The Balaban J connectivity index is 0.801. The molecule has 0 bridgehead atoms. The summed E-state index contributed by atoms with van der Waals surface area (Å²) in [6, 6.07) is 111. The molecule has 0 heterocycles. The summed E-state index contributed by atoms with van der Waals surface area (Å²) in [6.07, 6.45) is 11.5. The molecule has 0 radical (unpaired) electrons. The first-order valence-corrected chi connectivity index (χ1v) is 35.2. The normalized spacial score (nSPS) is 16.0. The summed E-state index contributed by atoms with van der Waals surface area (Å²) in [7, 11) is 0. The third-order valence-corrected chi connectivity index (χ3v) is 21.4. The van der Waals surface area contributed by atoms with E-state index < -0.39 is 0 Å². The SMILES string of the molecule is CCCCC1(c2ccc(C(C)(C)C)cc2)c2ccccc2-c2ccc(/C=C(\c3ccccc3)c3ccc(-c4c5ccccc5c(-c5ccc(/C(=C/c6ccc7c(c6)C(CCCC)(c6ccc(C(C)(C)C)cc6)c6ccccc6-7)c6ccccc6)cc5)c5ccccc45)cc3)cc21. The molecule has 0 spiro atoms. The van der Waals surface area contributed by atoms with Crippen LogP contribution in [0, 0.1) is 0 Å². The van der Waals surface area contributed by atoms with Crippen LogP contribution in [0.4, 0.5) is 0 Å². The monoisotopic (exact) mass is 1240 g/mol. The van der Waals surface area contributed by atoms with Crippen LogP contribution in [0.2, 0.25) is 0 Å². The van der Waals surface area contributed by atoms with Crippen molar-refractivity contribution in [1.29, 1.82) is 0 Å². The summed E-state index contributed by atoms with van der Waals surface area (Å²) >= 11 is 0. The molecule has 0 amide bonds. The van der Waals surface area contributed by atoms with Crippen LogP contribution in [0.15, 0.2) is 291 Å². The molecule has 0 N–H and O–H groups in total. The van der Waals surface area contributed by atoms with Gasteiger partial charge in [0.15, 0.2) is 0 Å². The molecule has 0 nitrogen and oxygen atoms in total. The topological polar surface area (TPSA) is 0 Å². The third-order valence-electron chi connectivity index (χ3n) is 21.4. The first-order chi connectivity index (χ1) is 46.8. The molecule has 96 heavy (non-hydrogen) atoms. The quantitative estimate of drug-likeness (QED) is 0.0668. The molecule has 0 fully saturated rings. The summed E-state index contributed by atoms with van der Waals surface area (Å²) < 4.78 is 0. The van der Waals surface area contributed by atoms with Crippen molar-refractivity contribution >= 4 is 44.8 Å². The van der Waals surface area contributed by atoms with E-state index in [2.05, 4.69) is 359 Å². The highest BCUT2D eigenvalue weighted by Gasteiger charge is 2.46. The van der Waals surface area contributed by atoms with E-state index in [9.17, 15) is 0 Å². The number of fused-ring (bicyclic) bond motifs is 8. The zero-order valence-electron chi connectivity index (χ0n) is 57.1. The lowest BCUT2D eigenvalue weighted by molar-refractivity contribution is 0.536. The van der Waals surface area contributed by atoms with Crippen LogP contribution in [0.25, 0.3) is 89.4 Å². The second kappa shape index (κ2) is 25.2. The van der Waals surface area contributed by atoms with Crippen molar-refractivity contribution in [2.45, 2.75) is 116 Å². The lowest BCUT2D eigenvalue weighted by Crippen LogP contribution is -2.27. The Morgan fingerprint density at radius 2 is 0.615 bits per heavy atom. The molecular weight excluding hydrogens is 1150 g/mol. The van der Waals surface area contributed by atoms with Crippen molar-refractivity contribution in [3.8, 4) is 44.5 Å². The van der Waals surface area contributed by atoms with E-state index in [0.29, 0.717) is 0 Å². The average Bonchev–Trinajstić information content (AvgIpc) is 1.54. The third kappa shape index (κ3) is 10.9. The van der Waals surface area contributed by atoms with Crippen molar-refractivity contribution in [3.63, 3.8) is 0 Å². The zero-order valence-corrected chi connectivity index (χ0v) is 57.1. The van der Waals surface area contributed by atoms with E-state index >= 15 is 0 Å². The molecule has 13 aromatic carbocycles. The highest BCUT2D eigenvalue weighted by molar-refractivity contribution is 6.21. The van der Waals surface area contributed by atoms with Crippen LogP contribution in [0.1, 0.15) is 172 Å². The van der Waals surface area contributed by atoms with E-state index in [-0.39, 0.29) is 21.7 Å². The van der Waals surface area contributed by atoms with E-state index in [0.717, 1.165) is 38.5 Å². The molecule has 15 rings (SSSR count). The molecule has 0 heteroatoms. The first-order valence-electron chi connectivity index (χ1n) is 35.2. The molecule has 2 aliphatic carbocycles. The van der Waals surface area contributed by atoms with Crippen LogP contribution in [0.3, 0.4) is 0 Å². The van der Waals surface area contributed by atoms with Gasteiger partial charge in [-0.05, 0) is 203 Å². The van der Waals surface area contributed by atoms with Crippen LogP contribution < -0.4 is 0 Å². The number of hydrogen-bond donors (Lipinski definition) is 0. The number of rotatable bonds is 16.